The normalized spacial score (nSPS) is 12.1. The van der Waals surface area contributed by atoms with Crippen LogP contribution in [-0.4, -0.2) is 11.0 Å². The Balaban J connectivity index is 3.35. The van der Waals surface area contributed by atoms with Gasteiger partial charge in [-0.2, -0.15) is 0 Å². The fourth-order valence-electron chi connectivity index (χ4n) is 1.22. The van der Waals surface area contributed by atoms with E-state index >= 15 is 0 Å². The van der Waals surface area contributed by atoms with Gasteiger partial charge in [0.25, 0.3) is 5.91 Å². The quantitative estimate of drug-likeness (QED) is 0.598. The van der Waals surface area contributed by atoms with Crippen molar-refractivity contribution in [2.75, 3.05) is 0 Å². The maximum Gasteiger partial charge on any atom is 0.251 e. The number of rotatable bonds is 2. The SMILES string of the molecule is C/C(N)=C(/C(N)=O)c1ccccc1O. The van der Waals surface area contributed by atoms with Crippen LogP contribution in [0.5, 0.6) is 5.75 Å². The number of primary amides is 1. The molecule has 0 saturated carbocycles. The van der Waals surface area contributed by atoms with Crippen LogP contribution in [0, 0.1) is 0 Å². The van der Waals surface area contributed by atoms with Crippen molar-refractivity contribution in [1.82, 2.24) is 0 Å². The van der Waals surface area contributed by atoms with E-state index in [-0.39, 0.29) is 11.3 Å². The van der Waals surface area contributed by atoms with E-state index in [1.54, 1.807) is 25.1 Å². The predicted octanol–water partition coefficient (Wildman–Crippen LogP) is 0.567. The van der Waals surface area contributed by atoms with Gasteiger partial charge < -0.3 is 16.6 Å². The van der Waals surface area contributed by atoms with Gasteiger partial charge in [0.2, 0.25) is 0 Å². The van der Waals surface area contributed by atoms with Gasteiger partial charge in [0, 0.05) is 11.3 Å². The lowest BCUT2D eigenvalue weighted by Crippen LogP contribution is -2.16. The number of carbonyl (C=O) groups is 1. The second-order valence-corrected chi connectivity index (χ2v) is 2.94. The standard InChI is InChI=1S/C10H12N2O2/c1-6(11)9(10(12)14)7-4-2-3-5-8(7)13/h2-5,13H,11H2,1H3,(H2,12,14)/b9-6-. The topological polar surface area (TPSA) is 89.3 Å². The maximum absolute atomic E-state index is 11.1. The lowest BCUT2D eigenvalue weighted by atomic mass is 10.0. The van der Waals surface area contributed by atoms with E-state index in [2.05, 4.69) is 0 Å². The van der Waals surface area contributed by atoms with Crippen LogP contribution in [0.25, 0.3) is 5.57 Å². The molecule has 0 heterocycles. The zero-order chi connectivity index (χ0) is 10.7. The van der Waals surface area contributed by atoms with Crippen LogP contribution in [0.3, 0.4) is 0 Å². The van der Waals surface area contributed by atoms with Gasteiger partial charge >= 0.3 is 0 Å². The summed E-state index contributed by atoms with van der Waals surface area (Å²) in [5.74, 6) is -0.655. The summed E-state index contributed by atoms with van der Waals surface area (Å²) in [5.41, 5.74) is 11.5. The molecule has 1 amide bonds. The Morgan fingerprint density at radius 1 is 1.29 bits per heavy atom. The van der Waals surface area contributed by atoms with Crippen LogP contribution in [0.15, 0.2) is 30.0 Å². The van der Waals surface area contributed by atoms with Gasteiger partial charge in [-0.3, -0.25) is 4.79 Å². The molecule has 0 bridgehead atoms. The highest BCUT2D eigenvalue weighted by Gasteiger charge is 2.13. The first-order valence-corrected chi connectivity index (χ1v) is 4.08. The molecule has 1 aromatic carbocycles. The van der Waals surface area contributed by atoms with Crippen molar-refractivity contribution >= 4 is 11.5 Å². The molecule has 0 unspecified atom stereocenters. The number of nitrogens with two attached hydrogens (primary N) is 2. The predicted molar refractivity (Wildman–Crippen MR) is 54.1 cm³/mol. The lowest BCUT2D eigenvalue weighted by Gasteiger charge is -2.07. The molecule has 4 nitrogen and oxygen atoms in total. The number of hydrogen-bond donors (Lipinski definition) is 3. The van der Waals surface area contributed by atoms with E-state index < -0.39 is 5.91 Å². The number of hydrogen-bond acceptors (Lipinski definition) is 3. The molecule has 0 saturated heterocycles. The number of benzene rings is 1. The van der Waals surface area contributed by atoms with Gasteiger partial charge in [-0.1, -0.05) is 18.2 Å². The minimum Gasteiger partial charge on any atom is -0.507 e. The molecule has 14 heavy (non-hydrogen) atoms. The molecule has 0 aromatic heterocycles. The average molecular weight is 192 g/mol. The van der Waals surface area contributed by atoms with E-state index in [0.29, 0.717) is 11.3 Å². The Morgan fingerprint density at radius 3 is 2.29 bits per heavy atom. The van der Waals surface area contributed by atoms with Crippen LogP contribution in [0.1, 0.15) is 12.5 Å². The van der Waals surface area contributed by atoms with Gasteiger partial charge in [0.15, 0.2) is 0 Å². The van der Waals surface area contributed by atoms with Crippen molar-refractivity contribution in [3.8, 4) is 5.75 Å². The summed E-state index contributed by atoms with van der Waals surface area (Å²) in [6, 6.07) is 6.41. The van der Waals surface area contributed by atoms with Crippen molar-refractivity contribution in [2.45, 2.75) is 6.92 Å². The molecule has 0 aliphatic heterocycles. The van der Waals surface area contributed by atoms with E-state index in [9.17, 15) is 9.90 Å². The second kappa shape index (κ2) is 3.83. The number of phenols is 1. The maximum atomic E-state index is 11.1. The fourth-order valence-corrected chi connectivity index (χ4v) is 1.22. The van der Waals surface area contributed by atoms with Crippen molar-refractivity contribution in [2.24, 2.45) is 11.5 Å². The first-order chi connectivity index (χ1) is 6.54. The number of aromatic hydroxyl groups is 1. The summed E-state index contributed by atoms with van der Waals surface area (Å²) >= 11 is 0. The highest BCUT2D eigenvalue weighted by molar-refractivity contribution is 6.20. The molecule has 0 radical (unpaired) electrons. The first kappa shape index (κ1) is 10.1. The lowest BCUT2D eigenvalue weighted by molar-refractivity contribution is -0.112. The molecule has 0 aliphatic rings. The third-order valence-corrected chi connectivity index (χ3v) is 1.81. The minimum absolute atomic E-state index is 0.00824. The Bertz CT molecular complexity index is 393. The monoisotopic (exact) mass is 192 g/mol. The highest BCUT2D eigenvalue weighted by atomic mass is 16.3. The average Bonchev–Trinajstić information content (AvgIpc) is 2.07. The summed E-state index contributed by atoms with van der Waals surface area (Å²) in [6.45, 7) is 1.56. The van der Waals surface area contributed by atoms with Gasteiger partial charge in [-0.15, -0.1) is 0 Å². The van der Waals surface area contributed by atoms with Crippen molar-refractivity contribution in [1.29, 1.82) is 0 Å². The third kappa shape index (κ3) is 1.85. The van der Waals surface area contributed by atoms with Crippen molar-refractivity contribution in [3.05, 3.63) is 35.5 Å². The molecule has 0 aliphatic carbocycles. The van der Waals surface area contributed by atoms with Gasteiger partial charge in [0.1, 0.15) is 5.75 Å². The molecule has 0 atom stereocenters. The molecule has 0 spiro atoms. The van der Waals surface area contributed by atoms with E-state index in [1.807, 2.05) is 0 Å². The smallest absolute Gasteiger partial charge is 0.251 e. The number of carbonyl (C=O) groups excluding carboxylic acids is 1. The Labute approximate surface area is 81.8 Å². The summed E-state index contributed by atoms with van der Waals surface area (Å²) in [4.78, 5) is 11.1. The summed E-state index contributed by atoms with van der Waals surface area (Å²) in [6.07, 6.45) is 0. The molecule has 0 fully saturated rings. The van der Waals surface area contributed by atoms with Gasteiger partial charge in [-0.05, 0) is 13.0 Å². The summed E-state index contributed by atoms with van der Waals surface area (Å²) < 4.78 is 0. The van der Waals surface area contributed by atoms with Crippen LogP contribution < -0.4 is 11.5 Å². The van der Waals surface area contributed by atoms with E-state index in [4.69, 9.17) is 11.5 Å². The Kier molecular flexibility index (Phi) is 2.76. The van der Waals surface area contributed by atoms with Crippen molar-refractivity contribution < 1.29 is 9.90 Å². The summed E-state index contributed by atoms with van der Waals surface area (Å²) in [7, 11) is 0. The molecule has 4 heteroatoms. The molecular formula is C10H12N2O2. The van der Waals surface area contributed by atoms with Crippen LogP contribution in [0.4, 0.5) is 0 Å². The summed E-state index contributed by atoms with van der Waals surface area (Å²) in [5, 5.41) is 9.48. The molecule has 1 rings (SSSR count). The van der Waals surface area contributed by atoms with Crippen LogP contribution in [-0.2, 0) is 4.79 Å². The number of para-hydroxylation sites is 1. The molecular weight excluding hydrogens is 180 g/mol. The zero-order valence-corrected chi connectivity index (χ0v) is 7.82. The molecule has 74 valence electrons. The van der Waals surface area contributed by atoms with Gasteiger partial charge in [0.05, 0.1) is 5.57 Å². The number of amides is 1. The highest BCUT2D eigenvalue weighted by Crippen LogP contribution is 2.25. The Hall–Kier alpha value is -1.97. The minimum atomic E-state index is -0.647. The van der Waals surface area contributed by atoms with Crippen molar-refractivity contribution in [3.63, 3.8) is 0 Å². The zero-order valence-electron chi connectivity index (χ0n) is 7.82. The van der Waals surface area contributed by atoms with E-state index in [1.165, 1.54) is 6.07 Å². The van der Waals surface area contributed by atoms with Gasteiger partial charge in [-0.25, -0.2) is 0 Å². The molecule has 5 N–H and O–H groups in total. The number of phenolic OH excluding ortho intramolecular Hbond substituents is 1. The second-order valence-electron chi connectivity index (χ2n) is 2.94. The Morgan fingerprint density at radius 2 is 1.86 bits per heavy atom. The van der Waals surface area contributed by atoms with E-state index in [0.717, 1.165) is 0 Å². The van der Waals surface area contributed by atoms with Crippen LogP contribution in [0.2, 0.25) is 0 Å². The fraction of sp³-hybridized carbons (Fsp3) is 0.100. The van der Waals surface area contributed by atoms with Crippen LogP contribution >= 0.6 is 0 Å². The number of allylic oxidation sites excluding steroid dienone is 1. The largest absolute Gasteiger partial charge is 0.507 e. The third-order valence-electron chi connectivity index (χ3n) is 1.81. The first-order valence-electron chi connectivity index (χ1n) is 4.08. The molecule has 1 aromatic rings.